The van der Waals surface area contributed by atoms with Crippen LogP contribution in [0.4, 0.5) is 5.69 Å². The maximum atomic E-state index is 12.2. The van der Waals surface area contributed by atoms with E-state index in [0.29, 0.717) is 15.7 Å². The van der Waals surface area contributed by atoms with E-state index in [-0.39, 0.29) is 11.5 Å². The van der Waals surface area contributed by atoms with Gasteiger partial charge in [-0.15, -0.1) is 0 Å². The van der Waals surface area contributed by atoms with E-state index in [4.69, 9.17) is 5.11 Å². The van der Waals surface area contributed by atoms with Crippen LogP contribution in [0.1, 0.15) is 5.56 Å². The molecule has 0 saturated carbocycles. The smallest absolute Gasteiger partial charge is 0.263 e. The first kappa shape index (κ1) is 14.0. The van der Waals surface area contributed by atoms with Crippen molar-refractivity contribution in [1.29, 1.82) is 0 Å². The van der Waals surface area contributed by atoms with Crippen molar-refractivity contribution in [2.24, 2.45) is 0 Å². The molecule has 0 saturated heterocycles. The molecule has 0 radical (unpaired) electrons. The monoisotopic (exact) mass is 342 g/mol. The molecule has 2 N–H and O–H groups in total. The van der Waals surface area contributed by atoms with Crippen LogP contribution >= 0.6 is 15.9 Å². The average Bonchev–Trinajstić information content (AvgIpc) is 2.38. The molecule has 0 amide bonds. The largest absolute Gasteiger partial charge is 0.392 e. The summed E-state index contributed by atoms with van der Waals surface area (Å²) >= 11 is 3.19. The number of hydrogen-bond donors (Lipinski definition) is 2. The fourth-order valence-corrected chi connectivity index (χ4v) is 3.66. The van der Waals surface area contributed by atoms with Gasteiger partial charge in [0.1, 0.15) is 4.90 Å². The fraction of sp³-hybridized carbons (Fsp3) is 0.0833. The van der Waals surface area contributed by atoms with Gasteiger partial charge in [-0.25, -0.2) is 8.42 Å². The number of pyridine rings is 1. The Balaban J connectivity index is 2.35. The number of nitrogens with zero attached hydrogens (tertiary/aromatic N) is 1. The van der Waals surface area contributed by atoms with Crippen molar-refractivity contribution in [2.45, 2.75) is 11.5 Å². The highest BCUT2D eigenvalue weighted by Crippen LogP contribution is 2.25. The summed E-state index contributed by atoms with van der Waals surface area (Å²) in [6.07, 6.45) is 2.98. The first-order chi connectivity index (χ1) is 9.03. The van der Waals surface area contributed by atoms with Crippen LogP contribution in [-0.2, 0) is 16.6 Å². The molecule has 1 heterocycles. The zero-order chi connectivity index (χ0) is 13.9. The second-order valence-corrected chi connectivity index (χ2v) is 6.28. The SMILES string of the molecule is O=S(=O)(Nc1cccnc1)c1ccc(CO)cc1Br. The van der Waals surface area contributed by atoms with Crippen LogP contribution in [0.15, 0.2) is 52.1 Å². The molecule has 0 fully saturated rings. The van der Waals surface area contributed by atoms with Crippen LogP contribution < -0.4 is 4.72 Å². The number of aliphatic hydroxyl groups excluding tert-OH is 1. The van der Waals surface area contributed by atoms with Crippen molar-refractivity contribution in [2.75, 3.05) is 4.72 Å². The van der Waals surface area contributed by atoms with Crippen molar-refractivity contribution in [3.63, 3.8) is 0 Å². The topological polar surface area (TPSA) is 79.3 Å². The lowest BCUT2D eigenvalue weighted by Crippen LogP contribution is -2.13. The van der Waals surface area contributed by atoms with E-state index in [2.05, 4.69) is 25.6 Å². The number of aromatic nitrogens is 1. The minimum absolute atomic E-state index is 0.105. The van der Waals surface area contributed by atoms with Gasteiger partial charge in [-0.2, -0.15) is 0 Å². The Bertz CT molecular complexity index is 675. The van der Waals surface area contributed by atoms with Crippen LogP contribution in [0.25, 0.3) is 0 Å². The highest BCUT2D eigenvalue weighted by Gasteiger charge is 2.17. The van der Waals surface area contributed by atoms with Gasteiger partial charge >= 0.3 is 0 Å². The highest BCUT2D eigenvalue weighted by atomic mass is 79.9. The van der Waals surface area contributed by atoms with Gasteiger partial charge in [0.05, 0.1) is 18.5 Å². The predicted octanol–water partition coefficient (Wildman–Crippen LogP) is 2.14. The molecule has 2 aromatic rings. The minimum atomic E-state index is -3.69. The van der Waals surface area contributed by atoms with Crippen LogP contribution in [0.2, 0.25) is 0 Å². The normalized spacial score (nSPS) is 11.3. The number of halogens is 1. The molecule has 0 bridgehead atoms. The number of anilines is 1. The van der Waals surface area contributed by atoms with Gasteiger partial charge in [-0.05, 0) is 45.8 Å². The van der Waals surface area contributed by atoms with Crippen molar-refractivity contribution < 1.29 is 13.5 Å². The predicted molar refractivity (Wildman–Crippen MR) is 75.1 cm³/mol. The van der Waals surface area contributed by atoms with Gasteiger partial charge in [0.2, 0.25) is 0 Å². The second-order valence-electron chi connectivity index (χ2n) is 3.77. The van der Waals surface area contributed by atoms with Gasteiger partial charge in [-0.3, -0.25) is 9.71 Å². The van der Waals surface area contributed by atoms with Crippen LogP contribution in [0.5, 0.6) is 0 Å². The van der Waals surface area contributed by atoms with Gasteiger partial charge < -0.3 is 5.11 Å². The molecule has 7 heteroatoms. The zero-order valence-corrected chi connectivity index (χ0v) is 12.1. The Morgan fingerprint density at radius 3 is 2.68 bits per heavy atom. The number of benzene rings is 1. The molecule has 0 atom stereocenters. The summed E-state index contributed by atoms with van der Waals surface area (Å²) in [6.45, 7) is -0.144. The molecule has 100 valence electrons. The van der Waals surface area contributed by atoms with E-state index in [9.17, 15) is 8.42 Å². The summed E-state index contributed by atoms with van der Waals surface area (Å²) in [7, 11) is -3.69. The third-order valence-electron chi connectivity index (χ3n) is 2.38. The average molecular weight is 343 g/mol. The van der Waals surface area contributed by atoms with Crippen molar-refractivity contribution in [3.8, 4) is 0 Å². The standard InChI is InChI=1S/C12H11BrN2O3S/c13-11-6-9(8-16)3-4-12(11)19(17,18)15-10-2-1-5-14-7-10/h1-7,15-16H,8H2. The van der Waals surface area contributed by atoms with E-state index in [1.165, 1.54) is 12.3 Å². The number of rotatable bonds is 4. The summed E-state index contributed by atoms with van der Waals surface area (Å²) in [5.74, 6) is 0. The Morgan fingerprint density at radius 1 is 1.32 bits per heavy atom. The lowest BCUT2D eigenvalue weighted by Gasteiger charge is -2.10. The highest BCUT2D eigenvalue weighted by molar-refractivity contribution is 9.10. The van der Waals surface area contributed by atoms with E-state index in [1.54, 1.807) is 30.5 Å². The molecule has 0 aliphatic rings. The second kappa shape index (κ2) is 5.68. The molecule has 0 spiro atoms. The van der Waals surface area contributed by atoms with E-state index < -0.39 is 10.0 Å². The van der Waals surface area contributed by atoms with Crippen LogP contribution in [0.3, 0.4) is 0 Å². The Kier molecular flexibility index (Phi) is 4.18. The Morgan fingerprint density at radius 2 is 2.11 bits per heavy atom. The van der Waals surface area contributed by atoms with E-state index >= 15 is 0 Å². The van der Waals surface area contributed by atoms with Crippen LogP contribution in [0, 0.1) is 0 Å². The summed E-state index contributed by atoms with van der Waals surface area (Å²) < 4.78 is 27.2. The molecule has 19 heavy (non-hydrogen) atoms. The quantitative estimate of drug-likeness (QED) is 0.891. The number of aliphatic hydroxyl groups is 1. The molecule has 0 aliphatic carbocycles. The molecule has 0 aliphatic heterocycles. The van der Waals surface area contributed by atoms with Crippen molar-refractivity contribution >= 4 is 31.6 Å². The Labute approximate surface area is 119 Å². The molecular weight excluding hydrogens is 332 g/mol. The van der Waals surface area contributed by atoms with Gasteiger partial charge in [0, 0.05) is 10.7 Å². The number of sulfonamides is 1. The summed E-state index contributed by atoms with van der Waals surface area (Å²) in [5, 5.41) is 9.00. The van der Waals surface area contributed by atoms with Crippen LogP contribution in [-0.4, -0.2) is 18.5 Å². The first-order valence-electron chi connectivity index (χ1n) is 5.35. The van der Waals surface area contributed by atoms with E-state index in [0.717, 1.165) is 0 Å². The van der Waals surface area contributed by atoms with Gasteiger partial charge in [0.15, 0.2) is 0 Å². The number of hydrogen-bond acceptors (Lipinski definition) is 4. The summed E-state index contributed by atoms with van der Waals surface area (Å²) in [5.41, 5.74) is 1.02. The zero-order valence-electron chi connectivity index (χ0n) is 9.75. The molecule has 2 rings (SSSR count). The fourth-order valence-electron chi connectivity index (χ4n) is 1.49. The van der Waals surface area contributed by atoms with Gasteiger partial charge in [-0.1, -0.05) is 6.07 Å². The molecule has 1 aromatic heterocycles. The lowest BCUT2D eigenvalue weighted by atomic mass is 10.2. The number of nitrogens with one attached hydrogen (secondary N) is 1. The third kappa shape index (κ3) is 3.31. The van der Waals surface area contributed by atoms with Gasteiger partial charge in [0.25, 0.3) is 10.0 Å². The van der Waals surface area contributed by atoms with E-state index in [1.807, 2.05) is 0 Å². The summed E-state index contributed by atoms with van der Waals surface area (Å²) in [4.78, 5) is 3.95. The first-order valence-corrected chi connectivity index (χ1v) is 7.62. The molecule has 1 aromatic carbocycles. The molecular formula is C12H11BrN2O3S. The maximum Gasteiger partial charge on any atom is 0.263 e. The third-order valence-corrected chi connectivity index (χ3v) is 4.74. The Hall–Kier alpha value is -1.44. The maximum absolute atomic E-state index is 12.2. The summed E-state index contributed by atoms with van der Waals surface area (Å²) in [6, 6.07) is 7.82. The molecule has 0 unspecified atom stereocenters. The van der Waals surface area contributed by atoms with Crippen molar-refractivity contribution in [1.82, 2.24) is 4.98 Å². The molecule has 5 nitrogen and oxygen atoms in total. The van der Waals surface area contributed by atoms with Crippen molar-refractivity contribution in [3.05, 3.63) is 52.8 Å². The lowest BCUT2D eigenvalue weighted by molar-refractivity contribution is 0.281. The minimum Gasteiger partial charge on any atom is -0.392 e.